The molecule has 0 saturated carbocycles. The first kappa shape index (κ1) is 18.4. The first-order valence-electron chi connectivity index (χ1n) is 7.48. The molecular weight excluding hydrogens is 240 g/mol. The first-order chi connectivity index (χ1) is 8.57. The van der Waals surface area contributed by atoms with E-state index in [0.29, 0.717) is 11.8 Å². The highest BCUT2D eigenvalue weighted by atomic mass is 16.5. The number of carboxylic acid groups (broad SMARTS) is 1. The number of carboxylic acids is 1. The summed E-state index contributed by atoms with van der Waals surface area (Å²) in [5, 5.41) is 9.24. The molecule has 114 valence electrons. The molecule has 1 atom stereocenters. The van der Waals surface area contributed by atoms with Crippen LogP contribution >= 0.6 is 0 Å². The summed E-state index contributed by atoms with van der Waals surface area (Å²) in [4.78, 5) is 11.2. The lowest BCUT2D eigenvalue weighted by Gasteiger charge is -2.29. The van der Waals surface area contributed by atoms with Gasteiger partial charge in [-0.2, -0.15) is 0 Å². The molecule has 0 radical (unpaired) electrons. The molecule has 0 saturated heterocycles. The van der Waals surface area contributed by atoms with Gasteiger partial charge >= 0.3 is 5.97 Å². The molecule has 0 aliphatic heterocycles. The standard InChI is InChI=1S/C16H32O3/c1-7-11-16(5,6)19-13(14(17)18)10-8-9-12-15(2,3)4/h13H,7-12H2,1-6H3,(H,17,18). The second kappa shape index (κ2) is 7.88. The van der Waals surface area contributed by atoms with Gasteiger partial charge in [0.2, 0.25) is 0 Å². The van der Waals surface area contributed by atoms with Gasteiger partial charge in [-0.3, -0.25) is 0 Å². The van der Waals surface area contributed by atoms with Gasteiger partial charge in [0.1, 0.15) is 0 Å². The Morgan fingerprint density at radius 1 is 1.11 bits per heavy atom. The van der Waals surface area contributed by atoms with E-state index in [1.807, 2.05) is 13.8 Å². The average Bonchev–Trinajstić information content (AvgIpc) is 2.20. The van der Waals surface area contributed by atoms with Gasteiger partial charge in [0, 0.05) is 0 Å². The van der Waals surface area contributed by atoms with E-state index >= 15 is 0 Å². The van der Waals surface area contributed by atoms with Crippen molar-refractivity contribution in [1.82, 2.24) is 0 Å². The van der Waals surface area contributed by atoms with E-state index in [1.165, 1.54) is 0 Å². The Morgan fingerprint density at radius 2 is 1.68 bits per heavy atom. The SMILES string of the molecule is CCCC(C)(C)OC(CCCCC(C)(C)C)C(=O)O. The molecule has 0 fully saturated rings. The van der Waals surface area contributed by atoms with Gasteiger partial charge in [-0.25, -0.2) is 4.79 Å². The maximum Gasteiger partial charge on any atom is 0.332 e. The topological polar surface area (TPSA) is 46.5 Å². The largest absolute Gasteiger partial charge is 0.479 e. The van der Waals surface area contributed by atoms with E-state index in [9.17, 15) is 9.90 Å². The Balaban J connectivity index is 4.17. The van der Waals surface area contributed by atoms with Crippen molar-refractivity contribution >= 4 is 5.97 Å². The van der Waals surface area contributed by atoms with Gasteiger partial charge in [0.05, 0.1) is 5.60 Å². The average molecular weight is 272 g/mol. The monoisotopic (exact) mass is 272 g/mol. The van der Waals surface area contributed by atoms with E-state index < -0.39 is 12.1 Å². The fourth-order valence-corrected chi connectivity index (χ4v) is 2.26. The number of ether oxygens (including phenoxy) is 1. The number of rotatable bonds is 9. The number of aliphatic carboxylic acids is 1. The fraction of sp³-hybridized carbons (Fsp3) is 0.938. The van der Waals surface area contributed by atoms with Gasteiger partial charge in [-0.15, -0.1) is 0 Å². The molecule has 1 unspecified atom stereocenters. The molecule has 0 spiro atoms. The van der Waals surface area contributed by atoms with Crippen LogP contribution in [-0.4, -0.2) is 22.8 Å². The van der Waals surface area contributed by atoms with Crippen molar-refractivity contribution in [2.24, 2.45) is 5.41 Å². The molecule has 0 aliphatic rings. The summed E-state index contributed by atoms with van der Waals surface area (Å²) in [5.74, 6) is -0.833. The minimum Gasteiger partial charge on any atom is -0.479 e. The van der Waals surface area contributed by atoms with Crippen molar-refractivity contribution in [1.29, 1.82) is 0 Å². The highest BCUT2D eigenvalue weighted by Crippen LogP contribution is 2.24. The molecule has 0 aromatic heterocycles. The summed E-state index contributed by atoms with van der Waals surface area (Å²) < 4.78 is 5.77. The number of hydrogen-bond acceptors (Lipinski definition) is 2. The van der Waals surface area contributed by atoms with Crippen molar-refractivity contribution in [3.63, 3.8) is 0 Å². The van der Waals surface area contributed by atoms with E-state index in [2.05, 4.69) is 27.7 Å². The van der Waals surface area contributed by atoms with Gasteiger partial charge in [0.25, 0.3) is 0 Å². The number of carbonyl (C=O) groups is 1. The Labute approximate surface area is 118 Å². The van der Waals surface area contributed by atoms with Crippen LogP contribution in [0.3, 0.4) is 0 Å². The lowest BCUT2D eigenvalue weighted by Crippen LogP contribution is -2.35. The van der Waals surface area contributed by atoms with Gasteiger partial charge in [0.15, 0.2) is 6.10 Å². The molecule has 0 amide bonds. The number of unbranched alkanes of at least 4 members (excludes halogenated alkanes) is 1. The van der Waals surface area contributed by atoms with E-state index in [4.69, 9.17) is 4.74 Å². The second-order valence-corrected chi connectivity index (χ2v) is 7.26. The quantitative estimate of drug-likeness (QED) is 0.622. The Hall–Kier alpha value is -0.570. The maximum absolute atomic E-state index is 11.2. The molecular formula is C16H32O3. The summed E-state index contributed by atoms with van der Waals surface area (Å²) in [7, 11) is 0. The molecule has 0 aromatic carbocycles. The smallest absolute Gasteiger partial charge is 0.332 e. The number of hydrogen-bond donors (Lipinski definition) is 1. The van der Waals surface area contributed by atoms with Crippen molar-refractivity contribution < 1.29 is 14.6 Å². The summed E-state index contributed by atoms with van der Waals surface area (Å²) in [6.45, 7) is 12.7. The van der Waals surface area contributed by atoms with Crippen LogP contribution in [0.15, 0.2) is 0 Å². The highest BCUT2D eigenvalue weighted by molar-refractivity contribution is 5.72. The first-order valence-corrected chi connectivity index (χ1v) is 7.48. The summed E-state index contributed by atoms with van der Waals surface area (Å²) in [6, 6.07) is 0. The van der Waals surface area contributed by atoms with Crippen molar-refractivity contribution in [3.8, 4) is 0 Å². The van der Waals surface area contributed by atoms with Crippen molar-refractivity contribution in [2.75, 3.05) is 0 Å². The Morgan fingerprint density at radius 3 is 2.11 bits per heavy atom. The van der Waals surface area contributed by atoms with Crippen LogP contribution in [0.4, 0.5) is 0 Å². The van der Waals surface area contributed by atoms with Crippen molar-refractivity contribution in [3.05, 3.63) is 0 Å². The van der Waals surface area contributed by atoms with E-state index in [0.717, 1.165) is 32.1 Å². The van der Waals surface area contributed by atoms with Gasteiger partial charge in [-0.1, -0.05) is 47.0 Å². The molecule has 3 heteroatoms. The molecule has 3 nitrogen and oxygen atoms in total. The van der Waals surface area contributed by atoms with Crippen LogP contribution in [0.25, 0.3) is 0 Å². The van der Waals surface area contributed by atoms with Crippen LogP contribution < -0.4 is 0 Å². The second-order valence-electron chi connectivity index (χ2n) is 7.26. The zero-order valence-corrected chi connectivity index (χ0v) is 13.6. The minimum absolute atomic E-state index is 0.320. The summed E-state index contributed by atoms with van der Waals surface area (Å²) in [6.07, 6.45) is 4.93. The maximum atomic E-state index is 11.2. The predicted octanol–water partition coefficient (Wildman–Crippen LogP) is 4.64. The van der Waals surface area contributed by atoms with Crippen LogP contribution in [0.1, 0.15) is 80.1 Å². The van der Waals surface area contributed by atoms with Gasteiger partial charge < -0.3 is 9.84 Å². The Bertz CT molecular complexity index is 264. The summed E-state index contributed by atoms with van der Waals surface area (Å²) >= 11 is 0. The lowest BCUT2D eigenvalue weighted by atomic mass is 9.89. The molecule has 19 heavy (non-hydrogen) atoms. The zero-order chi connectivity index (χ0) is 15.1. The Kier molecular flexibility index (Phi) is 7.65. The third-order valence-electron chi connectivity index (χ3n) is 3.23. The lowest BCUT2D eigenvalue weighted by molar-refractivity contribution is -0.162. The molecule has 0 aromatic rings. The van der Waals surface area contributed by atoms with Crippen LogP contribution in [0.2, 0.25) is 0 Å². The van der Waals surface area contributed by atoms with Gasteiger partial charge in [-0.05, 0) is 38.5 Å². The zero-order valence-electron chi connectivity index (χ0n) is 13.6. The predicted molar refractivity (Wildman–Crippen MR) is 79.4 cm³/mol. The summed E-state index contributed by atoms with van der Waals surface area (Å²) in [5.41, 5.74) is -0.0249. The highest BCUT2D eigenvalue weighted by Gasteiger charge is 2.27. The molecule has 0 rings (SSSR count). The van der Waals surface area contributed by atoms with Crippen LogP contribution in [0.5, 0.6) is 0 Å². The fourth-order valence-electron chi connectivity index (χ4n) is 2.26. The third kappa shape index (κ3) is 9.94. The van der Waals surface area contributed by atoms with Crippen molar-refractivity contribution in [2.45, 2.75) is 91.8 Å². The molecule has 0 heterocycles. The normalized spacial score (nSPS) is 14.4. The minimum atomic E-state index is -0.833. The molecule has 1 N–H and O–H groups in total. The van der Waals surface area contributed by atoms with E-state index in [-0.39, 0.29) is 5.60 Å². The molecule has 0 bridgehead atoms. The van der Waals surface area contributed by atoms with E-state index in [1.54, 1.807) is 0 Å². The van der Waals surface area contributed by atoms with Crippen LogP contribution in [0, 0.1) is 5.41 Å². The van der Waals surface area contributed by atoms with Crippen LogP contribution in [-0.2, 0) is 9.53 Å². The third-order valence-corrected chi connectivity index (χ3v) is 3.23. The molecule has 0 aliphatic carbocycles.